The van der Waals surface area contributed by atoms with Crippen LogP contribution in [0.25, 0.3) is 0 Å². The van der Waals surface area contributed by atoms with Crippen LogP contribution in [0.5, 0.6) is 5.75 Å². The molecule has 0 fully saturated rings. The fourth-order valence-electron chi connectivity index (χ4n) is 2.33. The molecule has 2 heterocycles. The van der Waals surface area contributed by atoms with Gasteiger partial charge in [-0.25, -0.2) is 8.42 Å². The van der Waals surface area contributed by atoms with Gasteiger partial charge in [-0.2, -0.15) is 4.31 Å². The molecule has 1 aliphatic rings. The zero-order valence-electron chi connectivity index (χ0n) is 11.7. The molecule has 5 nitrogen and oxygen atoms in total. The summed E-state index contributed by atoms with van der Waals surface area (Å²) in [6, 6.07) is 8.66. The summed E-state index contributed by atoms with van der Waals surface area (Å²) in [6.07, 6.45) is 4.07. The van der Waals surface area contributed by atoms with Crippen molar-refractivity contribution in [2.24, 2.45) is 0 Å². The van der Waals surface area contributed by atoms with Crippen molar-refractivity contribution >= 4 is 10.0 Å². The van der Waals surface area contributed by atoms with Gasteiger partial charge in [-0.1, -0.05) is 0 Å². The first kappa shape index (κ1) is 14.0. The summed E-state index contributed by atoms with van der Waals surface area (Å²) in [7, 11) is -1.92. The van der Waals surface area contributed by atoms with Gasteiger partial charge in [0.1, 0.15) is 5.75 Å². The average molecular weight is 304 g/mol. The highest BCUT2D eigenvalue weighted by Crippen LogP contribution is 2.28. The number of benzene rings is 1. The molecule has 3 rings (SSSR count). The number of fused-ring (bicyclic) bond motifs is 1. The lowest BCUT2D eigenvalue weighted by Crippen LogP contribution is -2.26. The molecule has 0 atom stereocenters. The molecule has 0 amide bonds. The van der Waals surface area contributed by atoms with Gasteiger partial charge in [0.2, 0.25) is 10.0 Å². The van der Waals surface area contributed by atoms with Gasteiger partial charge in [-0.05, 0) is 41.5 Å². The average Bonchev–Trinajstić information content (AvgIpc) is 2.95. The van der Waals surface area contributed by atoms with E-state index in [-0.39, 0.29) is 0 Å². The van der Waals surface area contributed by atoms with E-state index >= 15 is 0 Å². The predicted octanol–water partition coefficient (Wildman–Crippen LogP) is 1.84. The maximum Gasteiger partial charge on any atom is 0.243 e. The number of sulfonamides is 1. The molecule has 1 aliphatic heterocycles. The van der Waals surface area contributed by atoms with E-state index in [1.54, 1.807) is 37.6 Å². The second kappa shape index (κ2) is 5.46. The molecule has 1 aromatic carbocycles. The van der Waals surface area contributed by atoms with Gasteiger partial charge in [-0.3, -0.25) is 4.98 Å². The summed E-state index contributed by atoms with van der Waals surface area (Å²) < 4.78 is 32.0. The largest absolute Gasteiger partial charge is 0.493 e. The summed E-state index contributed by atoms with van der Waals surface area (Å²) in [5.41, 5.74) is 1.86. The third-order valence-electron chi connectivity index (χ3n) is 3.52. The molecule has 21 heavy (non-hydrogen) atoms. The zero-order chi connectivity index (χ0) is 14.9. The van der Waals surface area contributed by atoms with Crippen LogP contribution in [0.2, 0.25) is 0 Å². The lowest BCUT2D eigenvalue weighted by Gasteiger charge is -2.17. The van der Waals surface area contributed by atoms with E-state index in [9.17, 15) is 8.42 Å². The Balaban J connectivity index is 1.86. The fourth-order valence-corrected chi connectivity index (χ4v) is 3.54. The van der Waals surface area contributed by atoms with Crippen LogP contribution in [0, 0.1) is 0 Å². The number of rotatable bonds is 4. The van der Waals surface area contributed by atoms with Gasteiger partial charge in [0.05, 0.1) is 11.5 Å². The molecular formula is C15H16N2O3S. The Bertz CT molecular complexity index is 745. The van der Waals surface area contributed by atoms with E-state index in [1.165, 1.54) is 4.31 Å². The molecular weight excluding hydrogens is 288 g/mol. The second-order valence-electron chi connectivity index (χ2n) is 4.98. The van der Waals surface area contributed by atoms with Crippen LogP contribution < -0.4 is 4.74 Å². The highest BCUT2D eigenvalue weighted by Gasteiger charge is 2.23. The lowest BCUT2D eigenvalue weighted by atomic mass is 10.2. The third kappa shape index (κ3) is 2.77. The predicted molar refractivity (Wildman–Crippen MR) is 78.5 cm³/mol. The van der Waals surface area contributed by atoms with Crippen molar-refractivity contribution in [3.05, 3.63) is 53.9 Å². The Hall–Kier alpha value is -1.92. The summed E-state index contributed by atoms with van der Waals surface area (Å²) in [4.78, 5) is 4.24. The lowest BCUT2D eigenvalue weighted by molar-refractivity contribution is 0.356. The van der Waals surface area contributed by atoms with Crippen LogP contribution in [0.4, 0.5) is 0 Å². The van der Waals surface area contributed by atoms with Crippen molar-refractivity contribution in [2.75, 3.05) is 13.7 Å². The summed E-state index contributed by atoms with van der Waals surface area (Å²) in [5, 5.41) is 0. The highest BCUT2D eigenvalue weighted by atomic mass is 32.2. The minimum atomic E-state index is -3.50. The molecule has 0 unspecified atom stereocenters. The van der Waals surface area contributed by atoms with Gasteiger partial charge in [-0.15, -0.1) is 0 Å². The number of ether oxygens (including phenoxy) is 1. The molecule has 0 spiro atoms. The molecule has 0 N–H and O–H groups in total. The Kier molecular flexibility index (Phi) is 3.65. The fraction of sp³-hybridized carbons (Fsp3) is 0.267. The SMILES string of the molecule is CN(Cc1ccncc1)S(=O)(=O)c1ccc2c(c1)CCO2. The van der Waals surface area contributed by atoms with Gasteiger partial charge in [0.25, 0.3) is 0 Å². The van der Waals surface area contributed by atoms with Crippen molar-refractivity contribution in [1.82, 2.24) is 9.29 Å². The van der Waals surface area contributed by atoms with E-state index in [4.69, 9.17) is 4.74 Å². The second-order valence-corrected chi connectivity index (χ2v) is 7.03. The Morgan fingerprint density at radius 2 is 2.00 bits per heavy atom. The Labute approximate surface area is 124 Å². The molecule has 110 valence electrons. The maximum atomic E-state index is 12.6. The highest BCUT2D eigenvalue weighted by molar-refractivity contribution is 7.89. The Morgan fingerprint density at radius 3 is 2.76 bits per heavy atom. The van der Waals surface area contributed by atoms with Crippen LogP contribution in [0.1, 0.15) is 11.1 Å². The number of pyridine rings is 1. The van der Waals surface area contributed by atoms with E-state index in [1.807, 2.05) is 12.1 Å². The van der Waals surface area contributed by atoms with Crippen LogP contribution in [0.15, 0.2) is 47.6 Å². The van der Waals surface area contributed by atoms with Crippen LogP contribution in [0.3, 0.4) is 0 Å². The maximum absolute atomic E-state index is 12.6. The van der Waals surface area contributed by atoms with Gasteiger partial charge >= 0.3 is 0 Å². The summed E-state index contributed by atoms with van der Waals surface area (Å²) in [5.74, 6) is 0.783. The number of nitrogens with zero attached hydrogens (tertiary/aromatic N) is 2. The summed E-state index contributed by atoms with van der Waals surface area (Å²) in [6.45, 7) is 0.935. The minimum Gasteiger partial charge on any atom is -0.493 e. The molecule has 0 bridgehead atoms. The van der Waals surface area contributed by atoms with Gasteiger partial charge < -0.3 is 4.74 Å². The summed E-state index contributed by atoms with van der Waals surface area (Å²) >= 11 is 0. The number of hydrogen-bond acceptors (Lipinski definition) is 4. The van der Waals surface area contributed by atoms with Crippen LogP contribution in [-0.2, 0) is 23.0 Å². The molecule has 0 saturated carbocycles. The van der Waals surface area contributed by atoms with E-state index < -0.39 is 10.0 Å². The molecule has 2 aromatic rings. The quantitative estimate of drug-likeness (QED) is 0.865. The Morgan fingerprint density at radius 1 is 1.24 bits per heavy atom. The van der Waals surface area contributed by atoms with Crippen LogP contribution >= 0.6 is 0 Å². The zero-order valence-corrected chi connectivity index (χ0v) is 12.5. The first-order valence-electron chi connectivity index (χ1n) is 6.68. The first-order valence-corrected chi connectivity index (χ1v) is 8.12. The molecule has 1 aromatic heterocycles. The van der Waals surface area contributed by atoms with Crippen molar-refractivity contribution < 1.29 is 13.2 Å². The molecule has 0 saturated heterocycles. The minimum absolute atomic E-state index is 0.309. The monoisotopic (exact) mass is 304 g/mol. The smallest absolute Gasteiger partial charge is 0.243 e. The standard InChI is InChI=1S/C15H16N2O3S/c1-17(11-12-4-7-16-8-5-12)21(18,19)14-2-3-15-13(10-14)6-9-20-15/h2-5,7-8,10H,6,9,11H2,1H3. The van der Waals surface area contributed by atoms with Crippen molar-refractivity contribution in [1.29, 1.82) is 0 Å². The number of aromatic nitrogens is 1. The van der Waals surface area contributed by atoms with Gasteiger partial charge in [0, 0.05) is 32.4 Å². The van der Waals surface area contributed by atoms with Gasteiger partial charge in [0.15, 0.2) is 0 Å². The molecule has 0 aliphatic carbocycles. The van der Waals surface area contributed by atoms with Crippen molar-refractivity contribution in [3.8, 4) is 5.75 Å². The number of hydrogen-bond donors (Lipinski definition) is 0. The van der Waals surface area contributed by atoms with E-state index in [2.05, 4.69) is 4.98 Å². The van der Waals surface area contributed by atoms with E-state index in [0.717, 1.165) is 23.3 Å². The first-order chi connectivity index (χ1) is 10.1. The van der Waals surface area contributed by atoms with Crippen molar-refractivity contribution in [2.45, 2.75) is 17.9 Å². The van der Waals surface area contributed by atoms with E-state index in [0.29, 0.717) is 18.0 Å². The van der Waals surface area contributed by atoms with Crippen molar-refractivity contribution in [3.63, 3.8) is 0 Å². The topological polar surface area (TPSA) is 59.5 Å². The third-order valence-corrected chi connectivity index (χ3v) is 5.32. The molecule has 6 heteroatoms. The molecule has 0 radical (unpaired) electrons. The van der Waals surface area contributed by atoms with Crippen LogP contribution in [-0.4, -0.2) is 31.4 Å². The normalized spacial score (nSPS) is 14.0.